The van der Waals surface area contributed by atoms with E-state index in [-0.39, 0.29) is 0 Å². The van der Waals surface area contributed by atoms with Gasteiger partial charge < -0.3 is 15.0 Å². The minimum Gasteiger partial charge on any atom is -0.444 e. The van der Waals surface area contributed by atoms with Gasteiger partial charge in [0.1, 0.15) is 5.60 Å². The lowest BCUT2D eigenvalue weighted by Crippen LogP contribution is -2.42. The van der Waals surface area contributed by atoms with E-state index in [0.29, 0.717) is 12.1 Å². The molecule has 2 N–H and O–H groups in total. The van der Waals surface area contributed by atoms with E-state index in [1.54, 1.807) is 0 Å². The van der Waals surface area contributed by atoms with Gasteiger partial charge in [-0.25, -0.2) is 4.79 Å². The second-order valence-electron chi connectivity index (χ2n) is 7.37. The Morgan fingerprint density at radius 3 is 2.52 bits per heavy atom. The number of nitrogens with zero attached hydrogens (tertiary/aromatic N) is 1. The minimum atomic E-state index is -0.504. The fourth-order valence-electron chi connectivity index (χ4n) is 2.77. The van der Waals surface area contributed by atoms with Crippen molar-refractivity contribution in [2.24, 2.45) is 0 Å². The largest absolute Gasteiger partial charge is 0.444 e. The quantitative estimate of drug-likeness (QED) is 0.886. The molecule has 1 heterocycles. The van der Waals surface area contributed by atoms with Crippen LogP contribution in [0.3, 0.4) is 0 Å². The van der Waals surface area contributed by atoms with E-state index < -0.39 is 11.7 Å². The first kappa shape index (κ1) is 17.6. The molecule has 1 aromatic rings. The van der Waals surface area contributed by atoms with Crippen LogP contribution in [0.5, 0.6) is 0 Å². The Kier molecular flexibility index (Phi) is 5.52. The third-order valence-corrected chi connectivity index (χ3v) is 4.13. The van der Waals surface area contributed by atoms with Crippen molar-refractivity contribution >= 4 is 17.5 Å². The maximum Gasteiger partial charge on any atom is 0.412 e. The van der Waals surface area contributed by atoms with Gasteiger partial charge >= 0.3 is 6.09 Å². The molecule has 23 heavy (non-hydrogen) atoms. The van der Waals surface area contributed by atoms with Gasteiger partial charge in [0.2, 0.25) is 0 Å². The highest BCUT2D eigenvalue weighted by atomic mass is 16.6. The second kappa shape index (κ2) is 7.21. The maximum atomic E-state index is 12.0. The van der Waals surface area contributed by atoms with Gasteiger partial charge in [0, 0.05) is 18.6 Å². The van der Waals surface area contributed by atoms with Gasteiger partial charge in [-0.15, -0.1) is 0 Å². The Balaban J connectivity index is 2.01. The molecule has 0 bridgehead atoms. The number of rotatable bonds is 3. The molecule has 0 saturated carbocycles. The summed E-state index contributed by atoms with van der Waals surface area (Å²) in [5.41, 5.74) is 1.20. The summed E-state index contributed by atoms with van der Waals surface area (Å²) in [5.74, 6) is 0. The smallest absolute Gasteiger partial charge is 0.412 e. The summed E-state index contributed by atoms with van der Waals surface area (Å²) in [6.45, 7) is 8.91. The highest BCUT2D eigenvalue weighted by Gasteiger charge is 2.23. The normalized spacial score (nSPS) is 22.5. The number of hydrogen-bond acceptors (Lipinski definition) is 4. The molecule has 2 atom stereocenters. The van der Waals surface area contributed by atoms with Gasteiger partial charge in [-0.2, -0.15) is 0 Å². The monoisotopic (exact) mass is 319 g/mol. The molecule has 1 aromatic carbocycles. The van der Waals surface area contributed by atoms with Gasteiger partial charge in [0.05, 0.1) is 11.4 Å². The van der Waals surface area contributed by atoms with Crippen molar-refractivity contribution in [3.8, 4) is 0 Å². The Morgan fingerprint density at radius 2 is 1.91 bits per heavy atom. The standard InChI is InChI=1S/C18H29N3O2/c1-13-12-14(10-11-21(13)5)19-15-8-6-7-9-16(15)20-17(22)23-18(2,3)4/h6-9,13-14,19H,10-12H2,1-5H3,(H,20,22). The van der Waals surface area contributed by atoms with Crippen LogP contribution in [0.1, 0.15) is 40.5 Å². The zero-order chi connectivity index (χ0) is 17.0. The first-order valence-corrected chi connectivity index (χ1v) is 8.30. The molecular formula is C18H29N3O2. The lowest BCUT2D eigenvalue weighted by molar-refractivity contribution is 0.0636. The van der Waals surface area contributed by atoms with Crippen molar-refractivity contribution < 1.29 is 9.53 Å². The number of carbonyl (C=O) groups is 1. The van der Waals surface area contributed by atoms with Crippen LogP contribution in [0.15, 0.2) is 24.3 Å². The predicted molar refractivity (Wildman–Crippen MR) is 95.0 cm³/mol. The molecule has 2 rings (SSSR count). The molecule has 0 spiro atoms. The predicted octanol–water partition coefficient (Wildman–Crippen LogP) is 3.93. The third-order valence-electron chi connectivity index (χ3n) is 4.13. The van der Waals surface area contributed by atoms with Crippen molar-refractivity contribution in [2.75, 3.05) is 24.2 Å². The average molecular weight is 319 g/mol. The summed E-state index contributed by atoms with van der Waals surface area (Å²) < 4.78 is 5.33. The topological polar surface area (TPSA) is 53.6 Å². The van der Waals surface area contributed by atoms with Crippen molar-refractivity contribution in [1.29, 1.82) is 0 Å². The number of amides is 1. The van der Waals surface area contributed by atoms with Gasteiger partial charge in [-0.3, -0.25) is 5.32 Å². The van der Waals surface area contributed by atoms with E-state index >= 15 is 0 Å². The second-order valence-corrected chi connectivity index (χ2v) is 7.37. The van der Waals surface area contributed by atoms with Gasteiger partial charge in [0.25, 0.3) is 0 Å². The Bertz CT molecular complexity index is 539. The molecule has 5 heteroatoms. The number of likely N-dealkylation sites (tertiary alicyclic amines) is 1. The van der Waals surface area contributed by atoms with Crippen molar-refractivity contribution in [3.05, 3.63) is 24.3 Å². The van der Waals surface area contributed by atoms with E-state index in [4.69, 9.17) is 4.74 Å². The number of piperidine rings is 1. The van der Waals surface area contributed by atoms with Crippen molar-refractivity contribution in [3.63, 3.8) is 0 Å². The molecule has 0 radical (unpaired) electrons. The number of ether oxygens (including phenoxy) is 1. The fraction of sp³-hybridized carbons (Fsp3) is 0.611. The number of hydrogen-bond donors (Lipinski definition) is 2. The molecule has 1 fully saturated rings. The van der Waals surface area contributed by atoms with E-state index in [0.717, 1.165) is 30.8 Å². The fourth-order valence-corrected chi connectivity index (χ4v) is 2.77. The summed E-state index contributed by atoms with van der Waals surface area (Å²) in [5, 5.41) is 6.41. The van der Waals surface area contributed by atoms with E-state index in [1.165, 1.54) is 0 Å². The summed E-state index contributed by atoms with van der Waals surface area (Å²) >= 11 is 0. The first-order valence-electron chi connectivity index (χ1n) is 8.30. The molecule has 2 unspecified atom stereocenters. The van der Waals surface area contributed by atoms with Crippen LogP contribution in [-0.2, 0) is 4.74 Å². The number of para-hydroxylation sites is 2. The van der Waals surface area contributed by atoms with E-state index in [9.17, 15) is 4.79 Å². The zero-order valence-electron chi connectivity index (χ0n) is 14.8. The summed E-state index contributed by atoms with van der Waals surface area (Å²) in [7, 11) is 2.17. The van der Waals surface area contributed by atoms with Crippen molar-refractivity contribution in [2.45, 2.75) is 58.2 Å². The maximum absolute atomic E-state index is 12.0. The molecule has 1 saturated heterocycles. The summed E-state index contributed by atoms with van der Waals surface area (Å²) in [6.07, 6.45) is 1.77. The van der Waals surface area contributed by atoms with Crippen LogP contribution in [0, 0.1) is 0 Å². The highest BCUT2D eigenvalue weighted by molar-refractivity contribution is 5.89. The highest BCUT2D eigenvalue weighted by Crippen LogP contribution is 2.26. The number of anilines is 2. The van der Waals surface area contributed by atoms with Crippen LogP contribution in [0.2, 0.25) is 0 Å². The SMILES string of the molecule is CC1CC(Nc2ccccc2NC(=O)OC(C)(C)C)CCN1C. The van der Waals surface area contributed by atoms with Gasteiger partial charge in [-0.1, -0.05) is 12.1 Å². The van der Waals surface area contributed by atoms with Crippen LogP contribution in [-0.4, -0.2) is 42.3 Å². The zero-order valence-corrected chi connectivity index (χ0v) is 14.8. The number of carbonyl (C=O) groups excluding carboxylic acids is 1. The third kappa shape index (κ3) is 5.43. The first-order chi connectivity index (χ1) is 10.7. The van der Waals surface area contributed by atoms with Crippen LogP contribution in [0.4, 0.5) is 16.2 Å². The van der Waals surface area contributed by atoms with Crippen LogP contribution >= 0.6 is 0 Å². The Hall–Kier alpha value is -1.75. The molecule has 5 nitrogen and oxygen atoms in total. The molecule has 1 aliphatic heterocycles. The van der Waals surface area contributed by atoms with Gasteiger partial charge in [-0.05, 0) is 59.7 Å². The lowest BCUT2D eigenvalue weighted by Gasteiger charge is -2.36. The molecule has 0 aliphatic carbocycles. The average Bonchev–Trinajstić information content (AvgIpc) is 2.43. The molecular weight excluding hydrogens is 290 g/mol. The molecule has 0 aromatic heterocycles. The van der Waals surface area contributed by atoms with E-state index in [1.807, 2.05) is 45.0 Å². The summed E-state index contributed by atoms with van der Waals surface area (Å²) in [6, 6.07) is 8.76. The summed E-state index contributed by atoms with van der Waals surface area (Å²) in [4.78, 5) is 14.4. The molecule has 1 aliphatic rings. The molecule has 128 valence electrons. The lowest BCUT2D eigenvalue weighted by atomic mass is 9.98. The van der Waals surface area contributed by atoms with Gasteiger partial charge in [0.15, 0.2) is 0 Å². The molecule has 1 amide bonds. The van der Waals surface area contributed by atoms with E-state index in [2.05, 4.69) is 29.5 Å². The van der Waals surface area contributed by atoms with Crippen LogP contribution < -0.4 is 10.6 Å². The van der Waals surface area contributed by atoms with Crippen LogP contribution in [0.25, 0.3) is 0 Å². The number of benzene rings is 1. The Labute approximate surface area is 139 Å². The van der Waals surface area contributed by atoms with Crippen molar-refractivity contribution in [1.82, 2.24) is 4.90 Å². The Morgan fingerprint density at radius 1 is 1.26 bits per heavy atom. The minimum absolute atomic E-state index is 0.419. The number of nitrogens with one attached hydrogen (secondary N) is 2.